The van der Waals surface area contributed by atoms with Crippen LogP contribution in [-0.4, -0.2) is 30.9 Å². The van der Waals surface area contributed by atoms with Gasteiger partial charge in [-0.15, -0.1) is 0 Å². The molecule has 0 spiro atoms. The van der Waals surface area contributed by atoms with E-state index in [2.05, 4.69) is 36.6 Å². The molecule has 0 aliphatic carbocycles. The molecule has 2 N–H and O–H groups in total. The highest BCUT2D eigenvalue weighted by Crippen LogP contribution is 2.32. The van der Waals surface area contributed by atoms with Gasteiger partial charge in [-0.25, -0.2) is 5.43 Å². The molecule has 0 radical (unpaired) electrons. The Kier molecular flexibility index (Phi) is 6.63. The number of fused-ring (bicyclic) bond motifs is 1. The average Bonchev–Trinajstić information content (AvgIpc) is 3.19. The van der Waals surface area contributed by atoms with Crippen LogP contribution in [-0.2, 0) is 10.2 Å². The summed E-state index contributed by atoms with van der Waals surface area (Å²) in [4.78, 5) is 25.3. The minimum atomic E-state index is -0.738. The van der Waals surface area contributed by atoms with E-state index < -0.39 is 6.04 Å². The van der Waals surface area contributed by atoms with E-state index in [4.69, 9.17) is 9.47 Å². The first kappa shape index (κ1) is 22.3. The molecule has 0 saturated heterocycles. The van der Waals surface area contributed by atoms with E-state index in [9.17, 15) is 9.59 Å². The van der Waals surface area contributed by atoms with Crippen molar-refractivity contribution in [2.24, 2.45) is 11.0 Å². The maximum absolute atomic E-state index is 12.6. The Labute approximate surface area is 182 Å². The lowest BCUT2D eigenvalue weighted by Gasteiger charge is -2.20. The maximum atomic E-state index is 12.6. The zero-order valence-corrected chi connectivity index (χ0v) is 18.6. The van der Waals surface area contributed by atoms with E-state index in [-0.39, 0.29) is 29.9 Å². The third kappa shape index (κ3) is 5.63. The Balaban J connectivity index is 1.61. The molecule has 0 bridgehead atoms. The van der Waals surface area contributed by atoms with Gasteiger partial charge >= 0.3 is 0 Å². The van der Waals surface area contributed by atoms with Gasteiger partial charge in [0, 0.05) is 5.56 Å². The largest absolute Gasteiger partial charge is 0.454 e. The smallest absolute Gasteiger partial charge is 0.262 e. The molecule has 2 aromatic carbocycles. The lowest BCUT2D eigenvalue weighted by Crippen LogP contribution is -2.48. The Morgan fingerprint density at radius 1 is 1.03 bits per heavy atom. The number of benzene rings is 2. The number of amides is 2. The van der Waals surface area contributed by atoms with Crippen LogP contribution in [0.5, 0.6) is 11.5 Å². The highest BCUT2D eigenvalue weighted by molar-refractivity contribution is 5.98. The number of hydrogen-bond acceptors (Lipinski definition) is 5. The second kappa shape index (κ2) is 9.20. The van der Waals surface area contributed by atoms with Gasteiger partial charge in [0.15, 0.2) is 11.5 Å². The molecule has 0 fully saturated rings. The third-order valence-corrected chi connectivity index (χ3v) is 5.04. The first-order valence-electron chi connectivity index (χ1n) is 10.3. The molecule has 7 nitrogen and oxygen atoms in total. The summed E-state index contributed by atoms with van der Waals surface area (Å²) in [6.45, 7) is 10.3. The van der Waals surface area contributed by atoms with Crippen LogP contribution in [0.1, 0.15) is 56.1 Å². The standard InChI is InChI=1S/C24H29N3O4/c1-15(2)21(26-22(28)17-8-11-19-20(12-17)31-14-30-19)23(29)27-25-13-16-6-9-18(10-7-16)24(3,4)5/h6-13,15,21H,14H2,1-5H3,(H,26,28)(H,27,29)/b25-13+. The van der Waals surface area contributed by atoms with Crippen molar-refractivity contribution >= 4 is 18.0 Å². The molecule has 0 aromatic heterocycles. The van der Waals surface area contributed by atoms with Crippen LogP contribution in [0.4, 0.5) is 0 Å². The predicted octanol–water partition coefficient (Wildman–Crippen LogP) is 3.62. The van der Waals surface area contributed by atoms with Gasteiger partial charge in [0.25, 0.3) is 11.8 Å². The molecule has 2 aromatic rings. The monoisotopic (exact) mass is 423 g/mol. The van der Waals surface area contributed by atoms with Crippen molar-refractivity contribution in [2.75, 3.05) is 6.79 Å². The normalized spacial score (nSPS) is 14.0. The van der Waals surface area contributed by atoms with Crippen molar-refractivity contribution in [3.63, 3.8) is 0 Å². The lowest BCUT2D eigenvalue weighted by molar-refractivity contribution is -0.123. The average molecular weight is 424 g/mol. The van der Waals surface area contributed by atoms with Gasteiger partial charge in [-0.1, -0.05) is 58.9 Å². The molecule has 1 aliphatic heterocycles. The minimum absolute atomic E-state index is 0.0740. The summed E-state index contributed by atoms with van der Waals surface area (Å²) in [6.07, 6.45) is 1.58. The third-order valence-electron chi connectivity index (χ3n) is 5.04. The van der Waals surface area contributed by atoms with E-state index in [0.717, 1.165) is 5.56 Å². The quantitative estimate of drug-likeness (QED) is 0.549. The molecule has 164 valence electrons. The van der Waals surface area contributed by atoms with Gasteiger partial charge in [-0.05, 0) is 40.7 Å². The Morgan fingerprint density at radius 2 is 1.71 bits per heavy atom. The molecular formula is C24H29N3O4. The fourth-order valence-electron chi connectivity index (χ4n) is 3.11. The summed E-state index contributed by atoms with van der Waals surface area (Å²) in [5.74, 6) is 0.236. The van der Waals surface area contributed by atoms with Crippen molar-refractivity contribution in [1.29, 1.82) is 0 Å². The van der Waals surface area contributed by atoms with E-state index in [1.807, 2.05) is 38.1 Å². The molecule has 7 heteroatoms. The number of hydrogen-bond donors (Lipinski definition) is 2. The Bertz CT molecular complexity index is 975. The second-order valence-corrected chi connectivity index (χ2v) is 8.87. The molecule has 1 heterocycles. The molecule has 1 aliphatic rings. The molecule has 2 amide bonds. The van der Waals surface area contributed by atoms with Crippen molar-refractivity contribution in [3.8, 4) is 11.5 Å². The van der Waals surface area contributed by atoms with Crippen LogP contribution in [0, 0.1) is 5.92 Å². The van der Waals surface area contributed by atoms with Crippen LogP contribution in [0.3, 0.4) is 0 Å². The van der Waals surface area contributed by atoms with E-state index in [0.29, 0.717) is 17.1 Å². The molecular weight excluding hydrogens is 394 g/mol. The molecule has 1 atom stereocenters. The summed E-state index contributed by atoms with van der Waals surface area (Å²) >= 11 is 0. The first-order chi connectivity index (χ1) is 14.6. The second-order valence-electron chi connectivity index (χ2n) is 8.87. The summed E-state index contributed by atoms with van der Waals surface area (Å²) in [6, 6.07) is 12.2. The zero-order valence-electron chi connectivity index (χ0n) is 18.6. The van der Waals surface area contributed by atoms with Crippen LogP contribution >= 0.6 is 0 Å². The minimum Gasteiger partial charge on any atom is -0.454 e. The Hall–Kier alpha value is -3.35. The van der Waals surface area contributed by atoms with Crippen LogP contribution in [0.25, 0.3) is 0 Å². The van der Waals surface area contributed by atoms with Gasteiger partial charge in [0.1, 0.15) is 6.04 Å². The summed E-state index contributed by atoms with van der Waals surface area (Å²) < 4.78 is 10.6. The number of nitrogens with one attached hydrogen (secondary N) is 2. The van der Waals surface area contributed by atoms with Crippen molar-refractivity contribution < 1.29 is 19.1 Å². The topological polar surface area (TPSA) is 89.0 Å². The zero-order chi connectivity index (χ0) is 22.6. The summed E-state index contributed by atoms with van der Waals surface area (Å²) in [5.41, 5.74) is 5.09. The van der Waals surface area contributed by atoms with Crippen LogP contribution < -0.4 is 20.2 Å². The number of rotatable bonds is 6. The summed E-state index contributed by atoms with van der Waals surface area (Å²) in [5, 5.41) is 6.83. The first-order valence-corrected chi connectivity index (χ1v) is 10.3. The predicted molar refractivity (Wildman–Crippen MR) is 120 cm³/mol. The van der Waals surface area contributed by atoms with Crippen molar-refractivity contribution in [1.82, 2.24) is 10.7 Å². The fourth-order valence-corrected chi connectivity index (χ4v) is 3.11. The van der Waals surface area contributed by atoms with Gasteiger partial charge < -0.3 is 14.8 Å². The SMILES string of the molecule is CC(C)C(NC(=O)c1ccc2c(c1)OCO2)C(=O)N/N=C/c1ccc(C(C)(C)C)cc1. The number of carbonyl (C=O) groups excluding carboxylic acids is 2. The Morgan fingerprint density at radius 3 is 2.35 bits per heavy atom. The lowest BCUT2D eigenvalue weighted by atomic mass is 9.87. The van der Waals surface area contributed by atoms with Gasteiger partial charge in [0.05, 0.1) is 6.21 Å². The van der Waals surface area contributed by atoms with E-state index >= 15 is 0 Å². The molecule has 0 saturated carbocycles. The van der Waals surface area contributed by atoms with Gasteiger partial charge in [-0.3, -0.25) is 9.59 Å². The molecule has 1 unspecified atom stereocenters. The summed E-state index contributed by atoms with van der Waals surface area (Å²) in [7, 11) is 0. The van der Waals surface area contributed by atoms with Gasteiger partial charge in [0.2, 0.25) is 6.79 Å². The molecule has 3 rings (SSSR count). The maximum Gasteiger partial charge on any atom is 0.262 e. The molecule has 31 heavy (non-hydrogen) atoms. The number of nitrogens with zero attached hydrogens (tertiary/aromatic N) is 1. The number of hydrazone groups is 1. The van der Waals surface area contributed by atoms with Crippen molar-refractivity contribution in [2.45, 2.75) is 46.1 Å². The van der Waals surface area contributed by atoms with Crippen molar-refractivity contribution in [3.05, 3.63) is 59.2 Å². The highest BCUT2D eigenvalue weighted by atomic mass is 16.7. The van der Waals surface area contributed by atoms with E-state index in [1.54, 1.807) is 24.4 Å². The van der Waals surface area contributed by atoms with E-state index in [1.165, 1.54) is 5.56 Å². The fraction of sp³-hybridized carbons (Fsp3) is 0.375. The van der Waals surface area contributed by atoms with Crippen LogP contribution in [0.2, 0.25) is 0 Å². The highest BCUT2D eigenvalue weighted by Gasteiger charge is 2.25. The van der Waals surface area contributed by atoms with Gasteiger partial charge in [-0.2, -0.15) is 5.10 Å². The number of carbonyl (C=O) groups is 2. The van der Waals surface area contributed by atoms with Crippen LogP contribution in [0.15, 0.2) is 47.6 Å². The number of ether oxygens (including phenoxy) is 2.